The molecule has 0 spiro atoms. The molecule has 0 radical (unpaired) electrons. The van der Waals surface area contributed by atoms with E-state index in [1.54, 1.807) is 14.2 Å². The molecule has 1 fully saturated rings. The molecule has 1 saturated carbocycles. The second-order valence-electron chi connectivity index (χ2n) is 4.55. The molecule has 0 atom stereocenters. The van der Waals surface area contributed by atoms with Gasteiger partial charge in [0.05, 0.1) is 6.54 Å². The molecule has 1 aromatic rings. The highest BCUT2D eigenvalue weighted by Gasteiger charge is 2.30. The average Bonchev–Trinajstić information content (AvgIpc) is 3.20. The second-order valence-corrected chi connectivity index (χ2v) is 4.55. The molecule has 3 nitrogen and oxygen atoms in total. The van der Waals surface area contributed by atoms with E-state index in [2.05, 4.69) is 35.2 Å². The Morgan fingerprint density at radius 2 is 1.82 bits per heavy atom. The third kappa shape index (κ3) is 3.80. The first kappa shape index (κ1) is 12.6. The van der Waals surface area contributed by atoms with E-state index in [-0.39, 0.29) is 6.29 Å². The zero-order valence-electron chi connectivity index (χ0n) is 10.6. The van der Waals surface area contributed by atoms with E-state index in [0.717, 1.165) is 13.1 Å². The van der Waals surface area contributed by atoms with Crippen molar-refractivity contribution in [3.63, 3.8) is 0 Å². The maximum absolute atomic E-state index is 5.28. The van der Waals surface area contributed by atoms with E-state index >= 15 is 0 Å². The lowest BCUT2D eigenvalue weighted by molar-refractivity contribution is -0.118. The first-order valence-corrected chi connectivity index (χ1v) is 6.17. The van der Waals surface area contributed by atoms with Crippen LogP contribution in [0, 0.1) is 0 Å². The van der Waals surface area contributed by atoms with Gasteiger partial charge in [0.2, 0.25) is 0 Å². The van der Waals surface area contributed by atoms with E-state index in [0.29, 0.717) is 6.04 Å². The van der Waals surface area contributed by atoms with Crippen LogP contribution >= 0.6 is 0 Å². The summed E-state index contributed by atoms with van der Waals surface area (Å²) in [4.78, 5) is 2.45. The lowest BCUT2D eigenvalue weighted by Gasteiger charge is -2.26. The van der Waals surface area contributed by atoms with E-state index < -0.39 is 0 Å². The van der Waals surface area contributed by atoms with Crippen LogP contribution in [0.4, 0.5) is 0 Å². The Labute approximate surface area is 103 Å². The molecule has 0 unspecified atom stereocenters. The van der Waals surface area contributed by atoms with E-state index in [9.17, 15) is 0 Å². The first-order chi connectivity index (χ1) is 8.33. The van der Waals surface area contributed by atoms with Crippen molar-refractivity contribution in [1.82, 2.24) is 4.90 Å². The molecule has 1 aliphatic carbocycles. The smallest absolute Gasteiger partial charge is 0.169 e. The Balaban J connectivity index is 1.93. The fourth-order valence-electron chi connectivity index (χ4n) is 2.04. The second kappa shape index (κ2) is 6.15. The minimum absolute atomic E-state index is 0.126. The van der Waals surface area contributed by atoms with Crippen LogP contribution in [0.15, 0.2) is 30.3 Å². The van der Waals surface area contributed by atoms with Gasteiger partial charge in [-0.2, -0.15) is 0 Å². The number of rotatable bonds is 7. The molecule has 17 heavy (non-hydrogen) atoms. The summed E-state index contributed by atoms with van der Waals surface area (Å²) in [7, 11) is 3.39. The van der Waals surface area contributed by atoms with Crippen molar-refractivity contribution in [2.75, 3.05) is 20.8 Å². The fraction of sp³-hybridized carbons (Fsp3) is 0.571. The molecule has 0 N–H and O–H groups in total. The van der Waals surface area contributed by atoms with Crippen LogP contribution in [0.5, 0.6) is 0 Å². The summed E-state index contributed by atoms with van der Waals surface area (Å²) in [6.07, 6.45) is 2.47. The van der Waals surface area contributed by atoms with Gasteiger partial charge in [0, 0.05) is 26.8 Å². The summed E-state index contributed by atoms with van der Waals surface area (Å²) in [5.74, 6) is 0. The van der Waals surface area contributed by atoms with E-state index in [1.807, 2.05) is 0 Å². The third-order valence-electron chi connectivity index (χ3n) is 3.20. The lowest BCUT2D eigenvalue weighted by Crippen LogP contribution is -2.35. The first-order valence-electron chi connectivity index (χ1n) is 6.17. The van der Waals surface area contributed by atoms with Crippen molar-refractivity contribution < 1.29 is 9.47 Å². The van der Waals surface area contributed by atoms with Crippen LogP contribution < -0.4 is 0 Å². The van der Waals surface area contributed by atoms with Crippen molar-refractivity contribution in [3.8, 4) is 0 Å². The Bertz CT molecular complexity index is 320. The summed E-state index contributed by atoms with van der Waals surface area (Å²) in [6.45, 7) is 1.82. The summed E-state index contributed by atoms with van der Waals surface area (Å²) >= 11 is 0. The van der Waals surface area contributed by atoms with Gasteiger partial charge in [0.25, 0.3) is 0 Å². The third-order valence-corrected chi connectivity index (χ3v) is 3.20. The molecule has 0 aliphatic heterocycles. The standard InChI is InChI=1S/C14H21NO2/c1-16-14(17-2)11-15(13-8-9-13)10-12-6-4-3-5-7-12/h3-7,13-14H,8-11H2,1-2H3. The maximum atomic E-state index is 5.28. The van der Waals surface area contributed by atoms with Crippen molar-refractivity contribution in [3.05, 3.63) is 35.9 Å². The number of methoxy groups -OCH3 is 2. The summed E-state index contributed by atoms with van der Waals surface area (Å²) < 4.78 is 10.6. The van der Waals surface area contributed by atoms with Crippen LogP contribution in [-0.4, -0.2) is 38.0 Å². The molecule has 0 aromatic heterocycles. The van der Waals surface area contributed by atoms with Crippen LogP contribution in [0.25, 0.3) is 0 Å². The summed E-state index contributed by atoms with van der Waals surface area (Å²) in [6, 6.07) is 11.3. The van der Waals surface area contributed by atoms with Gasteiger partial charge in [-0.1, -0.05) is 30.3 Å². The van der Waals surface area contributed by atoms with Crippen molar-refractivity contribution in [2.45, 2.75) is 31.7 Å². The molecule has 1 aromatic carbocycles. The van der Waals surface area contributed by atoms with Gasteiger partial charge in [0.1, 0.15) is 0 Å². The summed E-state index contributed by atoms with van der Waals surface area (Å²) in [5, 5.41) is 0. The van der Waals surface area contributed by atoms with Crippen molar-refractivity contribution in [2.24, 2.45) is 0 Å². The summed E-state index contributed by atoms with van der Waals surface area (Å²) in [5.41, 5.74) is 1.35. The SMILES string of the molecule is COC(CN(Cc1ccccc1)C1CC1)OC. The number of ether oxygens (including phenoxy) is 2. The molecule has 0 saturated heterocycles. The van der Waals surface area contributed by atoms with E-state index in [4.69, 9.17) is 9.47 Å². The molecule has 0 amide bonds. The molecular formula is C14H21NO2. The highest BCUT2D eigenvalue weighted by Crippen LogP contribution is 2.28. The molecule has 0 bridgehead atoms. The zero-order chi connectivity index (χ0) is 12.1. The Morgan fingerprint density at radius 3 is 2.35 bits per heavy atom. The molecule has 1 aliphatic rings. The van der Waals surface area contributed by atoms with Gasteiger partial charge < -0.3 is 9.47 Å². The number of nitrogens with zero attached hydrogens (tertiary/aromatic N) is 1. The van der Waals surface area contributed by atoms with Crippen LogP contribution in [-0.2, 0) is 16.0 Å². The van der Waals surface area contributed by atoms with Gasteiger partial charge in [-0.25, -0.2) is 0 Å². The molecule has 94 valence electrons. The highest BCUT2D eigenvalue weighted by atomic mass is 16.7. The van der Waals surface area contributed by atoms with Gasteiger partial charge in [0.15, 0.2) is 6.29 Å². The predicted octanol–water partition coefficient (Wildman–Crippen LogP) is 2.27. The van der Waals surface area contributed by atoms with Gasteiger partial charge >= 0.3 is 0 Å². The fourth-order valence-corrected chi connectivity index (χ4v) is 2.04. The largest absolute Gasteiger partial charge is 0.355 e. The Hall–Kier alpha value is -0.900. The van der Waals surface area contributed by atoms with Gasteiger partial charge in [-0.15, -0.1) is 0 Å². The highest BCUT2D eigenvalue weighted by molar-refractivity contribution is 5.14. The van der Waals surface area contributed by atoms with Crippen LogP contribution in [0.3, 0.4) is 0 Å². The van der Waals surface area contributed by atoms with Crippen molar-refractivity contribution >= 4 is 0 Å². The number of benzene rings is 1. The molecule has 0 heterocycles. The zero-order valence-corrected chi connectivity index (χ0v) is 10.6. The molecule has 3 heteroatoms. The monoisotopic (exact) mass is 235 g/mol. The molecular weight excluding hydrogens is 214 g/mol. The maximum Gasteiger partial charge on any atom is 0.169 e. The van der Waals surface area contributed by atoms with Crippen LogP contribution in [0.1, 0.15) is 18.4 Å². The van der Waals surface area contributed by atoms with Gasteiger partial charge in [-0.3, -0.25) is 4.90 Å². The average molecular weight is 235 g/mol. The Morgan fingerprint density at radius 1 is 1.18 bits per heavy atom. The van der Waals surface area contributed by atoms with Gasteiger partial charge in [-0.05, 0) is 18.4 Å². The minimum atomic E-state index is -0.126. The van der Waals surface area contributed by atoms with E-state index in [1.165, 1.54) is 18.4 Å². The molecule has 2 rings (SSSR count). The van der Waals surface area contributed by atoms with Crippen LogP contribution in [0.2, 0.25) is 0 Å². The Kier molecular flexibility index (Phi) is 4.54. The lowest BCUT2D eigenvalue weighted by atomic mass is 10.2. The minimum Gasteiger partial charge on any atom is -0.355 e. The quantitative estimate of drug-likeness (QED) is 0.677. The number of hydrogen-bond donors (Lipinski definition) is 0. The normalized spacial score (nSPS) is 15.8. The van der Waals surface area contributed by atoms with Crippen molar-refractivity contribution in [1.29, 1.82) is 0 Å². The number of hydrogen-bond acceptors (Lipinski definition) is 3. The predicted molar refractivity (Wildman–Crippen MR) is 67.7 cm³/mol. The topological polar surface area (TPSA) is 21.7 Å².